The molecule has 0 aliphatic carbocycles. The summed E-state index contributed by atoms with van der Waals surface area (Å²) in [5, 5.41) is 14.4. The molecule has 0 spiro atoms. The number of amides is 1. The number of hydrogen-bond donors (Lipinski definition) is 1. The van der Waals surface area contributed by atoms with Crippen LogP contribution < -0.4 is 10.1 Å². The monoisotopic (exact) mass is 448 g/mol. The highest BCUT2D eigenvalue weighted by Gasteiger charge is 2.16. The van der Waals surface area contributed by atoms with Crippen molar-refractivity contribution in [3.63, 3.8) is 0 Å². The Hall–Kier alpha value is -3.85. The van der Waals surface area contributed by atoms with Gasteiger partial charge in [-0.3, -0.25) is 19.5 Å². The number of para-hydroxylation sites is 2. The first kappa shape index (κ1) is 21.4. The molecule has 4 rings (SSSR count). The molecule has 4 aromatic rings. The Morgan fingerprint density at radius 2 is 1.91 bits per heavy atom. The maximum absolute atomic E-state index is 12.6. The quantitative estimate of drug-likeness (QED) is 0.243. The number of rotatable bonds is 7. The van der Waals surface area contributed by atoms with E-state index in [1.165, 1.54) is 23.9 Å². The van der Waals surface area contributed by atoms with Crippen molar-refractivity contribution in [3.05, 3.63) is 82.4 Å². The Morgan fingerprint density at radius 1 is 1.16 bits per heavy atom. The highest BCUT2D eigenvalue weighted by molar-refractivity contribution is 7.99. The van der Waals surface area contributed by atoms with Crippen molar-refractivity contribution in [2.24, 2.45) is 0 Å². The van der Waals surface area contributed by atoms with Crippen molar-refractivity contribution >= 4 is 40.1 Å². The Bertz CT molecular complexity index is 1300. The largest absolute Gasteiger partial charge is 0.497 e. The van der Waals surface area contributed by atoms with Crippen LogP contribution in [0.5, 0.6) is 5.75 Å². The molecule has 0 atom stereocenters. The van der Waals surface area contributed by atoms with Gasteiger partial charge >= 0.3 is 0 Å². The van der Waals surface area contributed by atoms with Gasteiger partial charge in [0, 0.05) is 23.5 Å². The van der Waals surface area contributed by atoms with Crippen molar-refractivity contribution in [3.8, 4) is 11.4 Å². The summed E-state index contributed by atoms with van der Waals surface area (Å²) in [6.07, 6.45) is 0. The first-order valence-electron chi connectivity index (χ1n) is 9.76. The average molecular weight is 449 g/mol. The predicted molar refractivity (Wildman–Crippen MR) is 125 cm³/mol. The zero-order chi connectivity index (χ0) is 22.7. The second-order valence-corrected chi connectivity index (χ2v) is 7.95. The molecule has 0 aliphatic heterocycles. The number of nitro benzene ring substituents is 1. The minimum Gasteiger partial charge on any atom is -0.497 e. The molecular weight excluding hydrogens is 428 g/mol. The number of imidazole rings is 1. The van der Waals surface area contributed by atoms with Crippen LogP contribution in [0.2, 0.25) is 0 Å². The van der Waals surface area contributed by atoms with Gasteiger partial charge in [-0.25, -0.2) is 4.98 Å². The molecule has 1 aromatic heterocycles. The number of carbonyl (C=O) groups excluding carboxylic acids is 1. The Morgan fingerprint density at radius 3 is 2.59 bits per heavy atom. The number of nitrogens with zero attached hydrogens (tertiary/aromatic N) is 3. The number of methoxy groups -OCH3 is 1. The molecule has 0 fully saturated rings. The van der Waals surface area contributed by atoms with Crippen molar-refractivity contribution in [2.75, 3.05) is 18.2 Å². The van der Waals surface area contributed by atoms with E-state index < -0.39 is 4.92 Å². The van der Waals surface area contributed by atoms with Crippen LogP contribution in [-0.2, 0) is 4.79 Å². The highest BCUT2D eigenvalue weighted by Crippen LogP contribution is 2.29. The van der Waals surface area contributed by atoms with Crippen LogP contribution in [0.15, 0.2) is 71.9 Å². The van der Waals surface area contributed by atoms with Crippen LogP contribution in [0.25, 0.3) is 16.7 Å². The van der Waals surface area contributed by atoms with Crippen LogP contribution in [0.3, 0.4) is 0 Å². The fraction of sp³-hybridized carbons (Fsp3) is 0.130. The third kappa shape index (κ3) is 4.42. The zero-order valence-electron chi connectivity index (χ0n) is 17.4. The first-order chi connectivity index (χ1) is 15.5. The van der Waals surface area contributed by atoms with Crippen molar-refractivity contribution in [1.29, 1.82) is 0 Å². The van der Waals surface area contributed by atoms with E-state index in [2.05, 4.69) is 5.32 Å². The van der Waals surface area contributed by atoms with Gasteiger partial charge in [-0.15, -0.1) is 0 Å². The number of fused-ring (bicyclic) bond motifs is 1. The number of anilines is 1. The summed E-state index contributed by atoms with van der Waals surface area (Å²) >= 11 is 1.32. The molecule has 0 saturated heterocycles. The third-order valence-electron chi connectivity index (χ3n) is 4.89. The molecule has 8 nitrogen and oxygen atoms in total. The molecule has 0 unspecified atom stereocenters. The minimum atomic E-state index is -0.460. The molecule has 1 heterocycles. The number of nitro groups is 1. The van der Waals surface area contributed by atoms with E-state index in [4.69, 9.17) is 9.72 Å². The Labute approximate surface area is 188 Å². The fourth-order valence-corrected chi connectivity index (χ4v) is 4.13. The summed E-state index contributed by atoms with van der Waals surface area (Å²) in [7, 11) is 1.62. The van der Waals surface area contributed by atoms with Crippen molar-refractivity contribution in [1.82, 2.24) is 9.55 Å². The van der Waals surface area contributed by atoms with Gasteiger partial charge in [0.05, 0.1) is 28.8 Å². The number of aromatic nitrogens is 2. The van der Waals surface area contributed by atoms with Gasteiger partial charge in [0.1, 0.15) is 5.75 Å². The second kappa shape index (κ2) is 9.11. The van der Waals surface area contributed by atoms with Gasteiger partial charge in [0.15, 0.2) is 5.16 Å². The van der Waals surface area contributed by atoms with E-state index >= 15 is 0 Å². The number of aryl methyl sites for hydroxylation is 1. The Balaban J connectivity index is 1.55. The van der Waals surface area contributed by atoms with Gasteiger partial charge in [-0.1, -0.05) is 23.9 Å². The molecule has 0 bridgehead atoms. The predicted octanol–water partition coefficient (Wildman–Crippen LogP) is 4.98. The van der Waals surface area contributed by atoms with E-state index in [-0.39, 0.29) is 17.3 Å². The molecule has 32 heavy (non-hydrogen) atoms. The van der Waals surface area contributed by atoms with Gasteiger partial charge in [-0.05, 0) is 55.0 Å². The van der Waals surface area contributed by atoms with Crippen LogP contribution in [-0.4, -0.2) is 33.2 Å². The summed E-state index contributed by atoms with van der Waals surface area (Å²) in [6, 6.07) is 19.8. The third-order valence-corrected chi connectivity index (χ3v) is 5.83. The SMILES string of the molecule is COc1ccc(-n2c(SCC(=O)Nc3ccc([N+](=O)[O-])cc3C)nc3ccccc32)cc1. The normalized spacial score (nSPS) is 10.8. The fourth-order valence-electron chi connectivity index (χ4n) is 3.30. The molecule has 9 heteroatoms. The van der Waals surface area contributed by atoms with Crippen LogP contribution in [0.4, 0.5) is 11.4 Å². The molecule has 0 radical (unpaired) electrons. The lowest BCUT2D eigenvalue weighted by Gasteiger charge is -2.11. The number of non-ortho nitro benzene ring substituents is 1. The Kier molecular flexibility index (Phi) is 6.09. The maximum atomic E-state index is 12.6. The average Bonchev–Trinajstić information content (AvgIpc) is 3.17. The topological polar surface area (TPSA) is 99.3 Å². The van der Waals surface area contributed by atoms with Crippen LogP contribution in [0, 0.1) is 17.0 Å². The summed E-state index contributed by atoms with van der Waals surface area (Å²) in [6.45, 7) is 1.72. The molecule has 3 aromatic carbocycles. The lowest BCUT2D eigenvalue weighted by atomic mass is 10.2. The van der Waals surface area contributed by atoms with Gasteiger partial charge in [0.25, 0.3) is 5.69 Å². The lowest BCUT2D eigenvalue weighted by Crippen LogP contribution is -2.15. The van der Waals surface area contributed by atoms with E-state index in [0.717, 1.165) is 22.5 Å². The molecule has 1 N–H and O–H groups in total. The number of nitrogens with one attached hydrogen (secondary N) is 1. The van der Waals surface area contributed by atoms with E-state index in [1.807, 2.05) is 53.1 Å². The van der Waals surface area contributed by atoms with Crippen LogP contribution >= 0.6 is 11.8 Å². The van der Waals surface area contributed by atoms with Gasteiger partial charge in [0.2, 0.25) is 5.91 Å². The minimum absolute atomic E-state index is 0.0110. The number of benzene rings is 3. The standard InChI is InChI=1S/C23H20N4O4S/c1-15-13-17(27(29)30)9-12-19(15)24-22(28)14-32-23-25-20-5-3-4-6-21(20)26(23)16-7-10-18(31-2)11-8-16/h3-13H,14H2,1-2H3,(H,24,28). The summed E-state index contributed by atoms with van der Waals surface area (Å²) in [5.74, 6) is 0.668. The molecule has 0 aliphatic rings. The van der Waals surface area contributed by atoms with Crippen molar-refractivity contribution in [2.45, 2.75) is 12.1 Å². The molecule has 0 saturated carbocycles. The molecular formula is C23H20N4O4S. The zero-order valence-corrected chi connectivity index (χ0v) is 18.3. The van der Waals surface area contributed by atoms with Crippen molar-refractivity contribution < 1.29 is 14.5 Å². The van der Waals surface area contributed by atoms with E-state index in [0.29, 0.717) is 16.4 Å². The number of hydrogen-bond acceptors (Lipinski definition) is 6. The van der Waals surface area contributed by atoms with E-state index in [9.17, 15) is 14.9 Å². The van der Waals surface area contributed by atoms with E-state index in [1.54, 1.807) is 20.1 Å². The summed E-state index contributed by atoms with van der Waals surface area (Å²) in [5.41, 5.74) is 3.84. The first-order valence-corrected chi connectivity index (χ1v) is 10.7. The lowest BCUT2D eigenvalue weighted by molar-refractivity contribution is -0.384. The van der Waals surface area contributed by atoms with Gasteiger partial charge in [-0.2, -0.15) is 0 Å². The summed E-state index contributed by atoms with van der Waals surface area (Å²) < 4.78 is 7.25. The number of ether oxygens (including phenoxy) is 1. The summed E-state index contributed by atoms with van der Waals surface area (Å²) in [4.78, 5) is 27.7. The number of carbonyl (C=O) groups is 1. The second-order valence-electron chi connectivity index (χ2n) is 7.01. The molecule has 1 amide bonds. The maximum Gasteiger partial charge on any atom is 0.269 e. The van der Waals surface area contributed by atoms with Gasteiger partial charge < -0.3 is 10.1 Å². The van der Waals surface area contributed by atoms with Crippen LogP contribution in [0.1, 0.15) is 5.56 Å². The smallest absolute Gasteiger partial charge is 0.269 e. The number of thioether (sulfide) groups is 1. The highest BCUT2D eigenvalue weighted by atomic mass is 32.2. The molecule has 162 valence electrons.